The molecule has 1 nitrogen and oxygen atoms in total. The predicted octanol–water partition coefficient (Wildman–Crippen LogP) is 3.21. The average Bonchev–Trinajstić information content (AvgIpc) is 1.82. The number of halogens is 1. The standard InChI is InChI=1S/C10H19ClO/c1-7(2)4-8(3)12-10-5-9(11)6-10/h7-10H,4-6H2,1-3H3. The van der Waals surface area contributed by atoms with Crippen LogP contribution in [0.5, 0.6) is 0 Å². The van der Waals surface area contributed by atoms with Crippen LogP contribution < -0.4 is 0 Å². The fraction of sp³-hybridized carbons (Fsp3) is 1.00. The molecule has 0 radical (unpaired) electrons. The van der Waals surface area contributed by atoms with E-state index in [0.717, 1.165) is 25.2 Å². The Hall–Kier alpha value is 0.250. The smallest absolute Gasteiger partial charge is 0.0606 e. The Balaban J connectivity index is 2.06. The first-order valence-electron chi connectivity index (χ1n) is 4.87. The molecule has 0 aliphatic heterocycles. The molecule has 0 amide bonds. The second kappa shape index (κ2) is 4.48. The van der Waals surface area contributed by atoms with E-state index in [0.29, 0.717) is 17.6 Å². The molecule has 0 aromatic carbocycles. The highest BCUT2D eigenvalue weighted by Gasteiger charge is 2.29. The van der Waals surface area contributed by atoms with E-state index in [1.807, 2.05) is 0 Å². The molecule has 1 rings (SSSR count). The van der Waals surface area contributed by atoms with Gasteiger partial charge in [-0.1, -0.05) is 13.8 Å². The topological polar surface area (TPSA) is 9.23 Å². The minimum Gasteiger partial charge on any atom is -0.375 e. The van der Waals surface area contributed by atoms with E-state index in [1.165, 1.54) is 0 Å². The van der Waals surface area contributed by atoms with Gasteiger partial charge in [-0.2, -0.15) is 0 Å². The molecule has 1 unspecified atom stereocenters. The van der Waals surface area contributed by atoms with Crippen molar-refractivity contribution in [1.29, 1.82) is 0 Å². The Morgan fingerprint density at radius 3 is 2.33 bits per heavy atom. The number of alkyl halides is 1. The zero-order chi connectivity index (χ0) is 9.14. The third kappa shape index (κ3) is 3.32. The third-order valence-electron chi connectivity index (χ3n) is 2.27. The van der Waals surface area contributed by atoms with Crippen LogP contribution in [0.25, 0.3) is 0 Å². The highest BCUT2D eigenvalue weighted by atomic mass is 35.5. The molecule has 0 bridgehead atoms. The molecular formula is C10H19ClO. The highest BCUT2D eigenvalue weighted by molar-refractivity contribution is 6.21. The summed E-state index contributed by atoms with van der Waals surface area (Å²) < 4.78 is 5.78. The van der Waals surface area contributed by atoms with Crippen molar-refractivity contribution in [2.45, 2.75) is 57.6 Å². The summed E-state index contributed by atoms with van der Waals surface area (Å²) in [6.07, 6.45) is 4.10. The number of ether oxygens (including phenoxy) is 1. The van der Waals surface area contributed by atoms with Crippen LogP contribution in [0.3, 0.4) is 0 Å². The van der Waals surface area contributed by atoms with Gasteiger partial charge in [-0.25, -0.2) is 0 Å². The van der Waals surface area contributed by atoms with Gasteiger partial charge in [0.25, 0.3) is 0 Å². The molecule has 0 aromatic heterocycles. The summed E-state index contributed by atoms with van der Waals surface area (Å²) in [7, 11) is 0. The summed E-state index contributed by atoms with van der Waals surface area (Å²) >= 11 is 5.85. The Kier molecular flexibility index (Phi) is 3.85. The molecule has 1 fully saturated rings. The second-order valence-corrected chi connectivity index (χ2v) is 4.88. The lowest BCUT2D eigenvalue weighted by Crippen LogP contribution is -2.34. The lowest BCUT2D eigenvalue weighted by atomic mass is 9.95. The predicted molar refractivity (Wildman–Crippen MR) is 52.7 cm³/mol. The van der Waals surface area contributed by atoms with E-state index in [1.54, 1.807) is 0 Å². The van der Waals surface area contributed by atoms with Crippen LogP contribution in [0.15, 0.2) is 0 Å². The zero-order valence-electron chi connectivity index (χ0n) is 8.22. The first kappa shape index (κ1) is 10.3. The van der Waals surface area contributed by atoms with Gasteiger partial charge in [0, 0.05) is 5.38 Å². The monoisotopic (exact) mass is 190 g/mol. The molecule has 0 heterocycles. The molecule has 2 heteroatoms. The summed E-state index contributed by atoms with van der Waals surface area (Å²) in [4.78, 5) is 0. The van der Waals surface area contributed by atoms with Crippen molar-refractivity contribution in [3.8, 4) is 0 Å². The van der Waals surface area contributed by atoms with E-state index >= 15 is 0 Å². The molecular weight excluding hydrogens is 172 g/mol. The molecule has 0 saturated heterocycles. The van der Waals surface area contributed by atoms with Gasteiger partial charge in [0.2, 0.25) is 0 Å². The van der Waals surface area contributed by atoms with Gasteiger partial charge in [0.05, 0.1) is 12.2 Å². The molecule has 12 heavy (non-hydrogen) atoms. The number of hydrogen-bond donors (Lipinski definition) is 0. The van der Waals surface area contributed by atoms with Crippen molar-refractivity contribution < 1.29 is 4.74 Å². The first-order valence-corrected chi connectivity index (χ1v) is 5.31. The van der Waals surface area contributed by atoms with E-state index < -0.39 is 0 Å². The normalized spacial score (nSPS) is 31.8. The summed E-state index contributed by atoms with van der Waals surface area (Å²) in [5.74, 6) is 0.729. The van der Waals surface area contributed by atoms with Gasteiger partial charge in [-0.05, 0) is 32.1 Å². The molecule has 0 spiro atoms. The van der Waals surface area contributed by atoms with Gasteiger partial charge in [0.15, 0.2) is 0 Å². The van der Waals surface area contributed by atoms with Crippen LogP contribution in [0.2, 0.25) is 0 Å². The highest BCUT2D eigenvalue weighted by Crippen LogP contribution is 2.29. The van der Waals surface area contributed by atoms with Crippen LogP contribution in [-0.4, -0.2) is 17.6 Å². The van der Waals surface area contributed by atoms with Crippen molar-refractivity contribution in [3.05, 3.63) is 0 Å². The van der Waals surface area contributed by atoms with Gasteiger partial charge in [0.1, 0.15) is 0 Å². The molecule has 1 aliphatic carbocycles. The minimum atomic E-state index is 0.376. The molecule has 1 saturated carbocycles. The summed E-state index contributed by atoms with van der Waals surface area (Å²) in [5, 5.41) is 0.376. The fourth-order valence-corrected chi connectivity index (χ4v) is 2.06. The summed E-state index contributed by atoms with van der Waals surface area (Å²) in [6, 6.07) is 0. The van der Waals surface area contributed by atoms with E-state index in [-0.39, 0.29) is 0 Å². The Morgan fingerprint density at radius 2 is 1.92 bits per heavy atom. The average molecular weight is 191 g/mol. The fourth-order valence-electron chi connectivity index (χ4n) is 1.66. The molecule has 0 aromatic rings. The SMILES string of the molecule is CC(C)CC(C)OC1CC(Cl)C1. The van der Waals surface area contributed by atoms with Crippen molar-refractivity contribution >= 4 is 11.6 Å². The lowest BCUT2D eigenvalue weighted by Gasteiger charge is -2.33. The second-order valence-electron chi connectivity index (χ2n) is 4.27. The Labute approximate surface area is 80.4 Å². The minimum absolute atomic E-state index is 0.376. The van der Waals surface area contributed by atoms with Crippen LogP contribution in [0, 0.1) is 5.92 Å². The maximum absolute atomic E-state index is 5.85. The van der Waals surface area contributed by atoms with Crippen molar-refractivity contribution in [2.24, 2.45) is 5.92 Å². The molecule has 1 atom stereocenters. The number of hydrogen-bond acceptors (Lipinski definition) is 1. The summed E-state index contributed by atoms with van der Waals surface area (Å²) in [6.45, 7) is 6.61. The number of rotatable bonds is 4. The van der Waals surface area contributed by atoms with Crippen LogP contribution in [-0.2, 0) is 4.74 Å². The van der Waals surface area contributed by atoms with E-state index in [4.69, 9.17) is 16.3 Å². The maximum Gasteiger partial charge on any atom is 0.0606 e. The van der Waals surface area contributed by atoms with Gasteiger partial charge < -0.3 is 4.74 Å². The van der Waals surface area contributed by atoms with Crippen LogP contribution in [0.1, 0.15) is 40.0 Å². The zero-order valence-corrected chi connectivity index (χ0v) is 8.97. The van der Waals surface area contributed by atoms with Gasteiger partial charge in [-0.3, -0.25) is 0 Å². The summed E-state index contributed by atoms with van der Waals surface area (Å²) in [5.41, 5.74) is 0. The van der Waals surface area contributed by atoms with Gasteiger partial charge in [-0.15, -0.1) is 11.6 Å². The van der Waals surface area contributed by atoms with Crippen LogP contribution >= 0.6 is 11.6 Å². The quantitative estimate of drug-likeness (QED) is 0.619. The molecule has 1 aliphatic rings. The Bertz CT molecular complexity index is 130. The lowest BCUT2D eigenvalue weighted by molar-refractivity contribution is -0.0481. The van der Waals surface area contributed by atoms with Crippen molar-refractivity contribution in [1.82, 2.24) is 0 Å². The first-order chi connectivity index (χ1) is 5.58. The maximum atomic E-state index is 5.85. The molecule has 0 N–H and O–H groups in total. The van der Waals surface area contributed by atoms with E-state index in [2.05, 4.69) is 20.8 Å². The third-order valence-corrected chi connectivity index (χ3v) is 2.62. The van der Waals surface area contributed by atoms with Crippen molar-refractivity contribution in [2.75, 3.05) is 0 Å². The van der Waals surface area contributed by atoms with E-state index in [9.17, 15) is 0 Å². The van der Waals surface area contributed by atoms with Crippen LogP contribution in [0.4, 0.5) is 0 Å². The largest absolute Gasteiger partial charge is 0.375 e. The van der Waals surface area contributed by atoms with Gasteiger partial charge >= 0.3 is 0 Å². The van der Waals surface area contributed by atoms with Crippen molar-refractivity contribution in [3.63, 3.8) is 0 Å². The Morgan fingerprint density at radius 1 is 1.33 bits per heavy atom. The molecule has 72 valence electrons.